The summed E-state index contributed by atoms with van der Waals surface area (Å²) in [6.07, 6.45) is 3.49. The van der Waals surface area contributed by atoms with E-state index in [1.165, 1.54) is 19.6 Å². The smallest absolute Gasteiger partial charge is 0.336 e. The number of carbonyl (C=O) groups is 2. The molecule has 1 saturated heterocycles. The molecule has 1 amide bonds. The molecule has 166 valence electrons. The Morgan fingerprint density at radius 3 is 2.77 bits per heavy atom. The molecular formula is C24H29NO6. The minimum Gasteiger partial charge on any atom is -0.497 e. The number of nitrogens with zero attached hydrogens (tertiary/aromatic N) is 1. The fraction of sp³-hybridized carbons (Fsp3) is 0.542. The predicted octanol–water partition coefficient (Wildman–Crippen LogP) is 3.52. The summed E-state index contributed by atoms with van der Waals surface area (Å²) >= 11 is 0. The van der Waals surface area contributed by atoms with Crippen LogP contribution in [0.5, 0.6) is 5.75 Å². The lowest BCUT2D eigenvalue weighted by atomic mass is 9.77. The largest absolute Gasteiger partial charge is 0.497 e. The molecule has 0 unspecified atom stereocenters. The van der Waals surface area contributed by atoms with Gasteiger partial charge in [-0.05, 0) is 30.4 Å². The van der Waals surface area contributed by atoms with Crippen molar-refractivity contribution in [2.45, 2.75) is 52.2 Å². The molecule has 0 spiro atoms. The summed E-state index contributed by atoms with van der Waals surface area (Å²) in [7, 11) is 1.53. The highest BCUT2D eigenvalue weighted by Crippen LogP contribution is 2.36. The molecule has 1 aromatic heterocycles. The maximum atomic E-state index is 12.7. The van der Waals surface area contributed by atoms with Crippen molar-refractivity contribution in [1.82, 2.24) is 4.90 Å². The molecule has 7 heteroatoms. The van der Waals surface area contributed by atoms with Crippen LogP contribution >= 0.6 is 0 Å². The van der Waals surface area contributed by atoms with Crippen molar-refractivity contribution in [3.05, 3.63) is 40.2 Å². The Kier molecular flexibility index (Phi) is 6.03. The van der Waals surface area contributed by atoms with Crippen molar-refractivity contribution in [3.8, 4) is 5.75 Å². The summed E-state index contributed by atoms with van der Waals surface area (Å²) in [5.41, 5.74) is 0.424. The number of likely N-dealkylation sites (tertiary alicyclic amines) is 1. The van der Waals surface area contributed by atoms with Crippen LogP contribution in [-0.2, 0) is 20.9 Å². The number of fused-ring (bicyclic) bond motifs is 1. The molecule has 4 rings (SSSR count). The second-order valence-corrected chi connectivity index (χ2v) is 8.84. The number of amides is 1. The molecule has 1 aliphatic heterocycles. The van der Waals surface area contributed by atoms with Crippen molar-refractivity contribution < 1.29 is 23.5 Å². The SMILES string of the molecule is COc1ccc2c(COC(=O)[C@@H]3CC(=O)N([C@H]4CCC[C@@H](C)[C@@H]4C)C3)cc(=O)oc2c1. The van der Waals surface area contributed by atoms with Gasteiger partial charge in [0, 0.05) is 42.1 Å². The highest BCUT2D eigenvalue weighted by atomic mass is 16.5. The molecule has 4 atom stereocenters. The minimum atomic E-state index is -0.519. The first-order chi connectivity index (χ1) is 14.9. The van der Waals surface area contributed by atoms with E-state index < -0.39 is 17.5 Å². The first-order valence-electron chi connectivity index (χ1n) is 10.9. The van der Waals surface area contributed by atoms with Crippen LogP contribution in [-0.4, -0.2) is 36.5 Å². The van der Waals surface area contributed by atoms with E-state index in [2.05, 4.69) is 13.8 Å². The third-order valence-corrected chi connectivity index (χ3v) is 6.96. The van der Waals surface area contributed by atoms with Crippen LogP contribution in [0.15, 0.2) is 33.5 Å². The van der Waals surface area contributed by atoms with Gasteiger partial charge >= 0.3 is 11.6 Å². The monoisotopic (exact) mass is 427 g/mol. The van der Waals surface area contributed by atoms with Gasteiger partial charge in [-0.15, -0.1) is 0 Å². The summed E-state index contributed by atoms with van der Waals surface area (Å²) in [6.45, 7) is 4.80. The predicted molar refractivity (Wildman–Crippen MR) is 115 cm³/mol. The molecule has 1 saturated carbocycles. The van der Waals surface area contributed by atoms with Crippen LogP contribution in [0.2, 0.25) is 0 Å². The second-order valence-electron chi connectivity index (χ2n) is 8.84. The first-order valence-corrected chi connectivity index (χ1v) is 10.9. The highest BCUT2D eigenvalue weighted by Gasteiger charge is 2.42. The number of hydrogen-bond donors (Lipinski definition) is 0. The summed E-state index contributed by atoms with van der Waals surface area (Å²) in [5.74, 6) is 0.741. The number of rotatable bonds is 5. The van der Waals surface area contributed by atoms with Crippen LogP contribution in [0.25, 0.3) is 11.0 Å². The molecule has 2 fully saturated rings. The molecule has 1 aliphatic carbocycles. The molecule has 2 heterocycles. The lowest BCUT2D eigenvalue weighted by Crippen LogP contribution is -2.45. The average molecular weight is 427 g/mol. The zero-order valence-electron chi connectivity index (χ0n) is 18.3. The first kappa shape index (κ1) is 21.4. The lowest BCUT2D eigenvalue weighted by Gasteiger charge is -2.39. The fourth-order valence-corrected chi connectivity index (χ4v) is 4.93. The molecule has 7 nitrogen and oxygen atoms in total. The maximum Gasteiger partial charge on any atom is 0.336 e. The van der Waals surface area contributed by atoms with Gasteiger partial charge in [0.25, 0.3) is 0 Å². The number of hydrogen-bond acceptors (Lipinski definition) is 6. The van der Waals surface area contributed by atoms with Crippen LogP contribution in [0, 0.1) is 17.8 Å². The van der Waals surface area contributed by atoms with E-state index in [0.29, 0.717) is 40.7 Å². The Labute approximate surface area is 181 Å². The quantitative estimate of drug-likeness (QED) is 0.536. The van der Waals surface area contributed by atoms with Gasteiger partial charge in [-0.25, -0.2) is 4.79 Å². The molecule has 1 aromatic carbocycles. The number of ether oxygens (including phenoxy) is 2. The molecule has 0 bridgehead atoms. The van der Waals surface area contributed by atoms with E-state index in [4.69, 9.17) is 13.9 Å². The van der Waals surface area contributed by atoms with E-state index in [1.807, 2.05) is 4.90 Å². The van der Waals surface area contributed by atoms with Gasteiger partial charge in [0.15, 0.2) is 0 Å². The van der Waals surface area contributed by atoms with Crippen LogP contribution in [0.3, 0.4) is 0 Å². The Hall–Kier alpha value is -2.83. The van der Waals surface area contributed by atoms with Gasteiger partial charge in [0.2, 0.25) is 5.91 Å². The van der Waals surface area contributed by atoms with Crippen molar-refractivity contribution in [3.63, 3.8) is 0 Å². The maximum absolute atomic E-state index is 12.7. The van der Waals surface area contributed by atoms with Gasteiger partial charge in [0.1, 0.15) is 17.9 Å². The van der Waals surface area contributed by atoms with Crippen molar-refractivity contribution >= 4 is 22.8 Å². The van der Waals surface area contributed by atoms with E-state index in [9.17, 15) is 14.4 Å². The zero-order valence-corrected chi connectivity index (χ0v) is 18.3. The normalized spacial score (nSPS) is 26.3. The van der Waals surface area contributed by atoms with Gasteiger partial charge in [-0.2, -0.15) is 0 Å². The van der Waals surface area contributed by atoms with Crippen molar-refractivity contribution in [2.24, 2.45) is 17.8 Å². The molecule has 0 radical (unpaired) electrons. The third-order valence-electron chi connectivity index (χ3n) is 6.96. The lowest BCUT2D eigenvalue weighted by molar-refractivity contribution is -0.149. The van der Waals surface area contributed by atoms with Crippen LogP contribution in [0.4, 0.5) is 0 Å². The topological polar surface area (TPSA) is 86.0 Å². The second kappa shape index (κ2) is 8.73. The Morgan fingerprint density at radius 1 is 1.19 bits per heavy atom. The number of benzene rings is 1. The van der Waals surface area contributed by atoms with Crippen LogP contribution in [0.1, 0.15) is 45.1 Å². The van der Waals surface area contributed by atoms with Gasteiger partial charge < -0.3 is 18.8 Å². The Bertz CT molecular complexity index is 1040. The van der Waals surface area contributed by atoms with Gasteiger partial charge in [-0.3, -0.25) is 9.59 Å². The fourth-order valence-electron chi connectivity index (χ4n) is 4.93. The number of methoxy groups -OCH3 is 1. The van der Waals surface area contributed by atoms with E-state index in [-0.39, 0.29) is 25.0 Å². The van der Waals surface area contributed by atoms with Gasteiger partial charge in [0.05, 0.1) is 13.0 Å². The Morgan fingerprint density at radius 2 is 2.00 bits per heavy atom. The van der Waals surface area contributed by atoms with Crippen molar-refractivity contribution in [1.29, 1.82) is 0 Å². The molecule has 2 aliphatic rings. The average Bonchev–Trinajstić information content (AvgIpc) is 3.14. The molecule has 2 aromatic rings. The van der Waals surface area contributed by atoms with E-state index in [0.717, 1.165) is 12.8 Å². The van der Waals surface area contributed by atoms with Gasteiger partial charge in [-0.1, -0.05) is 26.7 Å². The standard InChI is InChI=1S/C24H29NO6/c1-14-5-4-6-20(15(14)2)25-12-16(9-22(25)26)24(28)30-13-17-10-23(27)31-21-11-18(29-3)7-8-19(17)21/h7-8,10-11,14-16,20H,4-6,9,12-13H2,1-3H3/t14-,15+,16-,20+/m1/s1. The minimum absolute atomic E-state index is 0.0331. The summed E-state index contributed by atoms with van der Waals surface area (Å²) < 4.78 is 15.9. The number of carbonyl (C=O) groups excluding carboxylic acids is 2. The summed E-state index contributed by atoms with van der Waals surface area (Å²) in [6, 6.07) is 6.69. The zero-order chi connectivity index (χ0) is 22.1. The highest BCUT2D eigenvalue weighted by molar-refractivity contribution is 5.87. The van der Waals surface area contributed by atoms with E-state index in [1.54, 1.807) is 18.2 Å². The Balaban J connectivity index is 1.44. The molecular weight excluding hydrogens is 398 g/mol. The summed E-state index contributed by atoms with van der Waals surface area (Å²) in [4.78, 5) is 39.2. The van der Waals surface area contributed by atoms with Crippen molar-refractivity contribution in [2.75, 3.05) is 13.7 Å². The molecule has 0 N–H and O–H groups in total. The van der Waals surface area contributed by atoms with E-state index >= 15 is 0 Å². The summed E-state index contributed by atoms with van der Waals surface area (Å²) in [5, 5.41) is 0.683. The third kappa shape index (κ3) is 4.31. The number of esters is 1. The molecule has 31 heavy (non-hydrogen) atoms. The van der Waals surface area contributed by atoms with Crippen LogP contribution < -0.4 is 10.4 Å².